The van der Waals surface area contributed by atoms with E-state index in [1.807, 2.05) is 28.7 Å². The fraction of sp³-hybridized carbons (Fsp3) is 0.0769. The van der Waals surface area contributed by atoms with Gasteiger partial charge in [0.15, 0.2) is 0 Å². The summed E-state index contributed by atoms with van der Waals surface area (Å²) in [4.78, 5) is 11.9. The molecule has 106 valence electrons. The first-order valence-electron chi connectivity index (χ1n) is 5.18. The Morgan fingerprint density at radius 1 is 1.40 bits per heavy atom. The predicted octanol–water partition coefficient (Wildman–Crippen LogP) is 3.18. The van der Waals surface area contributed by atoms with E-state index in [1.165, 1.54) is 0 Å². The predicted molar refractivity (Wildman–Crippen MR) is 74.6 cm³/mol. The van der Waals surface area contributed by atoms with Crippen LogP contribution in [0.3, 0.4) is 0 Å². The Labute approximate surface area is 138 Å². The van der Waals surface area contributed by atoms with Crippen LogP contribution in [0.4, 0.5) is 13.2 Å². The van der Waals surface area contributed by atoms with Crippen LogP contribution in [-0.2, 0) is 19.4 Å². The molecule has 1 aromatic rings. The van der Waals surface area contributed by atoms with Crippen molar-refractivity contribution in [2.45, 2.75) is 6.18 Å². The Morgan fingerprint density at radius 3 is 2.55 bits per heavy atom. The number of hydrogen-bond acceptors (Lipinski definition) is 1. The van der Waals surface area contributed by atoms with Crippen molar-refractivity contribution in [3.8, 4) is 0 Å². The zero-order chi connectivity index (χ0) is 15.3. The molecule has 1 amide bonds. The summed E-state index contributed by atoms with van der Waals surface area (Å²) in [6.45, 7) is 4.94. The number of alkyl halides is 3. The quantitative estimate of drug-likeness (QED) is 0.342. The van der Waals surface area contributed by atoms with E-state index in [0.717, 1.165) is 9.65 Å². The Morgan fingerprint density at radius 2 is 2.05 bits per heavy atom. The van der Waals surface area contributed by atoms with Crippen LogP contribution in [0.15, 0.2) is 42.0 Å². The summed E-state index contributed by atoms with van der Waals surface area (Å²) in [7, 11) is 0. The van der Waals surface area contributed by atoms with Gasteiger partial charge in [0.1, 0.15) is 0 Å². The number of carbonyl (C=O) groups excluding carboxylic acids is 1. The Bertz CT molecular complexity index is 581. The van der Waals surface area contributed by atoms with Crippen LogP contribution < -0.4 is 5.32 Å². The number of hydrogen-bond donors (Lipinski definition) is 1. The molecular formula is C13H8F3INOW-. The first-order valence-corrected chi connectivity index (χ1v) is 7.73. The van der Waals surface area contributed by atoms with Crippen molar-refractivity contribution in [3.05, 3.63) is 57.7 Å². The SMILES string of the molecule is [CH-]=C/C(=C\[C](=[W])NC(=O)c1cccc(I)c1)C(F)(F)F. The molecule has 0 spiro atoms. The zero-order valence-corrected chi connectivity index (χ0v) is 15.0. The normalized spacial score (nSPS) is 11.9. The van der Waals surface area contributed by atoms with Crippen molar-refractivity contribution in [2.24, 2.45) is 0 Å². The van der Waals surface area contributed by atoms with Crippen LogP contribution in [0.25, 0.3) is 0 Å². The summed E-state index contributed by atoms with van der Waals surface area (Å²) in [6, 6.07) is 6.74. The average Bonchev–Trinajstić information content (AvgIpc) is 2.34. The molecule has 7 heteroatoms. The third-order valence-corrected chi connectivity index (χ3v) is 3.58. The Kier molecular flexibility index (Phi) is 6.32. The third-order valence-electron chi connectivity index (χ3n) is 2.12. The molecule has 0 unspecified atom stereocenters. The number of benzene rings is 1. The maximum absolute atomic E-state index is 12.5. The van der Waals surface area contributed by atoms with Gasteiger partial charge in [-0.1, -0.05) is 0 Å². The first kappa shape index (κ1) is 17.3. The minimum atomic E-state index is -4.54. The van der Waals surface area contributed by atoms with Crippen LogP contribution in [0.2, 0.25) is 0 Å². The van der Waals surface area contributed by atoms with Gasteiger partial charge in [0.05, 0.1) is 0 Å². The molecule has 1 N–H and O–H groups in total. The summed E-state index contributed by atoms with van der Waals surface area (Å²) >= 11 is 2.74. The van der Waals surface area contributed by atoms with Crippen LogP contribution in [-0.4, -0.2) is 16.1 Å². The molecule has 1 rings (SSSR count). The summed E-state index contributed by atoms with van der Waals surface area (Å²) in [5.41, 5.74) is -0.611. The molecule has 0 aliphatic carbocycles. The van der Waals surface area contributed by atoms with Gasteiger partial charge < -0.3 is 0 Å². The van der Waals surface area contributed by atoms with Gasteiger partial charge in [0.2, 0.25) is 0 Å². The topological polar surface area (TPSA) is 29.1 Å². The van der Waals surface area contributed by atoms with E-state index < -0.39 is 17.7 Å². The van der Waals surface area contributed by atoms with Gasteiger partial charge in [-0.05, 0) is 0 Å². The Hall–Kier alpha value is -0.752. The third kappa shape index (κ3) is 5.32. The van der Waals surface area contributed by atoms with E-state index in [0.29, 0.717) is 31.0 Å². The molecule has 0 radical (unpaired) electrons. The molecule has 1 aromatic carbocycles. The van der Waals surface area contributed by atoms with Crippen molar-refractivity contribution in [1.29, 1.82) is 0 Å². The molecule has 0 aliphatic rings. The van der Waals surface area contributed by atoms with E-state index in [2.05, 4.69) is 5.32 Å². The molecule has 0 aromatic heterocycles. The van der Waals surface area contributed by atoms with Gasteiger partial charge in [0.25, 0.3) is 0 Å². The number of carbonyl (C=O) groups is 1. The van der Waals surface area contributed by atoms with E-state index >= 15 is 0 Å². The van der Waals surface area contributed by atoms with Crippen LogP contribution in [0.5, 0.6) is 0 Å². The number of nitrogens with one attached hydrogen (secondary N) is 1. The van der Waals surface area contributed by atoms with Crippen LogP contribution in [0, 0.1) is 10.1 Å². The van der Waals surface area contributed by atoms with Crippen molar-refractivity contribution < 1.29 is 37.3 Å². The van der Waals surface area contributed by atoms with Crippen LogP contribution >= 0.6 is 22.6 Å². The molecule has 0 saturated heterocycles. The van der Waals surface area contributed by atoms with Gasteiger partial charge >= 0.3 is 139 Å². The van der Waals surface area contributed by atoms with Crippen molar-refractivity contribution in [3.63, 3.8) is 0 Å². The van der Waals surface area contributed by atoms with Gasteiger partial charge in [-0.25, -0.2) is 0 Å². The molecule has 20 heavy (non-hydrogen) atoms. The number of halogens is 4. The van der Waals surface area contributed by atoms with E-state index in [1.54, 1.807) is 18.2 Å². The van der Waals surface area contributed by atoms with Crippen molar-refractivity contribution in [1.82, 2.24) is 5.32 Å². The van der Waals surface area contributed by atoms with Gasteiger partial charge in [-0.2, -0.15) is 0 Å². The number of rotatable bonds is 4. The summed E-state index contributed by atoms with van der Waals surface area (Å²) in [5.74, 6) is -0.455. The summed E-state index contributed by atoms with van der Waals surface area (Å²) < 4.78 is 38.5. The second kappa shape index (κ2) is 7.31. The van der Waals surface area contributed by atoms with E-state index in [-0.39, 0.29) is 4.02 Å². The van der Waals surface area contributed by atoms with Gasteiger partial charge in [-0.3, -0.25) is 0 Å². The standard InChI is InChI=1S/C13H8F3INO.W/c1-2-10(13(14,15)16)6-7-18-12(19)9-4-3-5-11(17)8-9;/h1-6,8H,(H,18,19);/q-1;/b10-6+;. The Balaban J connectivity index is 2.84. The molecule has 0 aliphatic heterocycles. The fourth-order valence-corrected chi connectivity index (χ4v) is 2.55. The zero-order valence-electron chi connectivity index (χ0n) is 9.87. The maximum atomic E-state index is 12.5. The number of allylic oxidation sites excluding steroid dienone is 2. The van der Waals surface area contributed by atoms with E-state index in [4.69, 9.17) is 6.58 Å². The summed E-state index contributed by atoms with van der Waals surface area (Å²) in [5, 5.41) is 2.42. The van der Waals surface area contributed by atoms with E-state index in [9.17, 15) is 18.0 Å². The van der Waals surface area contributed by atoms with Crippen molar-refractivity contribution >= 4 is 32.5 Å². The molecule has 0 atom stereocenters. The van der Waals surface area contributed by atoms with Crippen LogP contribution in [0.1, 0.15) is 10.4 Å². The molecular weight excluding hydrogens is 554 g/mol. The molecule has 0 saturated carbocycles. The average molecular weight is 562 g/mol. The molecule has 0 heterocycles. The second-order valence-electron chi connectivity index (χ2n) is 3.59. The van der Waals surface area contributed by atoms with Crippen molar-refractivity contribution in [2.75, 3.05) is 0 Å². The monoisotopic (exact) mass is 562 g/mol. The number of amides is 1. The molecule has 0 bridgehead atoms. The molecule has 0 fully saturated rings. The second-order valence-corrected chi connectivity index (χ2v) is 6.42. The minimum absolute atomic E-state index is 0.142. The molecule has 2 nitrogen and oxygen atoms in total. The summed E-state index contributed by atoms with van der Waals surface area (Å²) in [6.07, 6.45) is -3.25. The van der Waals surface area contributed by atoms with Gasteiger partial charge in [0, 0.05) is 0 Å². The first-order chi connectivity index (χ1) is 9.24. The fourth-order valence-electron chi connectivity index (χ4n) is 1.22. The van der Waals surface area contributed by atoms with Gasteiger partial charge in [-0.15, -0.1) is 0 Å².